The fourth-order valence-corrected chi connectivity index (χ4v) is 3.81. The van der Waals surface area contributed by atoms with E-state index in [9.17, 15) is 27.4 Å². The molecule has 0 radical (unpaired) electrons. The van der Waals surface area contributed by atoms with Crippen LogP contribution in [0.5, 0.6) is 0 Å². The van der Waals surface area contributed by atoms with E-state index in [-0.39, 0.29) is 154 Å². The predicted octanol–water partition coefficient (Wildman–Crippen LogP) is -5.72. The summed E-state index contributed by atoms with van der Waals surface area (Å²) >= 11 is 1.87. The summed E-state index contributed by atoms with van der Waals surface area (Å²) < 4.78 is 34.8. The van der Waals surface area contributed by atoms with Gasteiger partial charge in [0.15, 0.2) is 0 Å². The predicted molar refractivity (Wildman–Crippen MR) is 102 cm³/mol. The van der Waals surface area contributed by atoms with E-state index in [2.05, 4.69) is 11.4 Å². The Morgan fingerprint density at radius 3 is 2.41 bits per heavy atom. The molecule has 2 aromatic carbocycles. The Labute approximate surface area is 265 Å². The van der Waals surface area contributed by atoms with Gasteiger partial charge in [0.25, 0.3) is 5.91 Å². The summed E-state index contributed by atoms with van der Waals surface area (Å²) in [4.78, 5) is 37.0. The number of nitrogens with zero attached hydrogens (tertiary/aromatic N) is 1. The number of halogens is 1. The molecule has 9 nitrogen and oxygen atoms in total. The van der Waals surface area contributed by atoms with Crippen LogP contribution in [-0.2, 0) is 14.9 Å². The number of nitrogens with one attached hydrogen (secondary N) is 1. The first-order chi connectivity index (χ1) is 12.7. The molecule has 1 aliphatic rings. The molecule has 0 saturated carbocycles. The topological polar surface area (TPSA) is 150 Å². The van der Waals surface area contributed by atoms with Crippen LogP contribution in [0.25, 0.3) is 10.8 Å². The number of carbonyl (C=O) groups is 3. The van der Waals surface area contributed by atoms with Gasteiger partial charge < -0.3 is 15.6 Å². The van der Waals surface area contributed by atoms with Gasteiger partial charge in [0.1, 0.15) is 10.1 Å². The van der Waals surface area contributed by atoms with Gasteiger partial charge >= 0.3 is 103 Å². The number of carbonyl (C=O) groups excluding carboxylic acids is 3. The quantitative estimate of drug-likeness (QED) is 0.0682. The van der Waals surface area contributed by atoms with Crippen molar-refractivity contribution in [3.63, 3.8) is 0 Å². The molecule has 0 bridgehead atoms. The number of alkyl halides is 1. The molecule has 0 fully saturated rings. The molecule has 0 spiro atoms. The first-order valence-electron chi connectivity index (χ1n) is 7.58. The molecule has 1 aliphatic heterocycles. The van der Waals surface area contributed by atoms with Gasteiger partial charge in [0.05, 0.1) is 9.32 Å². The van der Waals surface area contributed by atoms with Crippen molar-refractivity contribution < 1.29 is 130 Å². The standard InChI is InChI=1S/C16H13IN3O6S.2K/c17-7-12(21)19-4-5-20-15(22)9-3-1-2-8-13(9)10(16(20)23)6-11(14(8)18)27(24,25)26;;/h2-3,6H,4-5,7,18H2,(H,19,21)(H,24,25,26);;/q-1;2*+1/p-1. The third-order valence-corrected chi connectivity index (χ3v) is 5.66. The Balaban J connectivity index is 0.00000210. The molecule has 0 aliphatic carbocycles. The number of nitrogens with two attached hydrogens (primary N) is 1. The second-order valence-corrected chi connectivity index (χ2v) is 7.80. The average molecular weight is 579 g/mol. The molecule has 2 aromatic rings. The van der Waals surface area contributed by atoms with Crippen molar-refractivity contribution in [2.24, 2.45) is 0 Å². The number of anilines is 1. The molecular weight excluding hydrogens is 567 g/mol. The molecular formula is C16H12IK2N3O6S. The van der Waals surface area contributed by atoms with Gasteiger partial charge in [-0.3, -0.25) is 19.3 Å². The fourth-order valence-electron chi connectivity index (χ4n) is 2.90. The maximum atomic E-state index is 12.8. The van der Waals surface area contributed by atoms with Gasteiger partial charge in [-0.05, 0) is 11.8 Å². The SMILES string of the molecule is Nc1c(S(=O)(=O)[O-])cc2c3c(c[c-]cc13)C(=O)N(CCNC(=O)CI)C2=O.[K+].[K+]. The van der Waals surface area contributed by atoms with E-state index in [1.807, 2.05) is 22.6 Å². The number of imide groups is 1. The van der Waals surface area contributed by atoms with Crippen molar-refractivity contribution in [1.82, 2.24) is 10.2 Å². The van der Waals surface area contributed by atoms with Crippen LogP contribution >= 0.6 is 22.6 Å². The van der Waals surface area contributed by atoms with E-state index in [1.165, 1.54) is 12.1 Å². The van der Waals surface area contributed by atoms with E-state index in [4.69, 9.17) is 5.73 Å². The minimum atomic E-state index is -4.93. The van der Waals surface area contributed by atoms with Gasteiger partial charge in [-0.1, -0.05) is 28.2 Å². The molecule has 0 unspecified atom stereocenters. The van der Waals surface area contributed by atoms with Crippen molar-refractivity contribution in [2.75, 3.05) is 23.3 Å². The number of rotatable bonds is 5. The maximum Gasteiger partial charge on any atom is 1.00 e. The van der Waals surface area contributed by atoms with E-state index in [0.717, 1.165) is 11.0 Å². The van der Waals surface area contributed by atoms with Crippen LogP contribution in [0.4, 0.5) is 5.69 Å². The summed E-state index contributed by atoms with van der Waals surface area (Å²) in [5.41, 5.74) is 5.47. The Hall–Kier alpha value is 1.02. The van der Waals surface area contributed by atoms with Crippen LogP contribution < -0.4 is 114 Å². The second-order valence-electron chi connectivity index (χ2n) is 5.69. The molecule has 3 amide bonds. The Morgan fingerprint density at radius 2 is 1.83 bits per heavy atom. The largest absolute Gasteiger partial charge is 1.00 e. The van der Waals surface area contributed by atoms with Crippen molar-refractivity contribution >= 4 is 66.9 Å². The third kappa shape index (κ3) is 5.69. The van der Waals surface area contributed by atoms with E-state index in [1.54, 1.807) is 0 Å². The molecule has 0 aromatic heterocycles. The number of hydrogen-bond donors (Lipinski definition) is 2. The van der Waals surface area contributed by atoms with E-state index >= 15 is 0 Å². The minimum absolute atomic E-state index is 0. The van der Waals surface area contributed by atoms with Crippen molar-refractivity contribution in [3.8, 4) is 0 Å². The minimum Gasteiger partial charge on any atom is -0.744 e. The number of nitrogen functional groups attached to an aromatic ring is 1. The molecule has 142 valence electrons. The summed E-state index contributed by atoms with van der Waals surface area (Å²) in [6, 6.07) is 6.26. The summed E-state index contributed by atoms with van der Waals surface area (Å²) in [7, 11) is -4.93. The van der Waals surface area contributed by atoms with E-state index in [0.29, 0.717) is 0 Å². The van der Waals surface area contributed by atoms with Gasteiger partial charge in [0.2, 0.25) is 11.8 Å². The van der Waals surface area contributed by atoms with Crippen LogP contribution in [0.15, 0.2) is 23.1 Å². The Morgan fingerprint density at radius 1 is 1.21 bits per heavy atom. The van der Waals surface area contributed by atoms with Crippen LogP contribution in [0.2, 0.25) is 0 Å². The normalized spacial score (nSPS) is 13.0. The number of amides is 3. The van der Waals surface area contributed by atoms with Gasteiger partial charge in [-0.2, -0.15) is 18.2 Å². The van der Waals surface area contributed by atoms with Crippen LogP contribution in [0.1, 0.15) is 20.7 Å². The molecule has 13 heteroatoms. The first kappa shape index (κ1) is 28.1. The van der Waals surface area contributed by atoms with Gasteiger partial charge in [0, 0.05) is 18.7 Å². The summed E-state index contributed by atoms with van der Waals surface area (Å²) in [5.74, 6) is -1.64. The molecule has 0 saturated heterocycles. The zero-order valence-electron chi connectivity index (χ0n) is 15.6. The van der Waals surface area contributed by atoms with Gasteiger partial charge in [-0.15, -0.1) is 10.8 Å². The summed E-state index contributed by atoms with van der Waals surface area (Å²) in [6.07, 6.45) is 0. The van der Waals surface area contributed by atoms with Crippen LogP contribution in [0.3, 0.4) is 0 Å². The van der Waals surface area contributed by atoms with Crippen LogP contribution in [0, 0.1) is 6.07 Å². The molecule has 0 atom stereocenters. The fraction of sp³-hybridized carbons (Fsp3) is 0.188. The Bertz CT molecular complexity index is 1110. The van der Waals surface area contributed by atoms with Crippen molar-refractivity contribution in [2.45, 2.75) is 4.90 Å². The molecule has 3 rings (SSSR count). The summed E-state index contributed by atoms with van der Waals surface area (Å²) in [5, 5.41) is 2.83. The second kappa shape index (κ2) is 11.2. The average Bonchev–Trinajstić information content (AvgIpc) is 2.62. The molecule has 3 N–H and O–H groups in total. The van der Waals surface area contributed by atoms with Crippen LogP contribution in [-0.4, -0.2) is 53.1 Å². The first-order valence-corrected chi connectivity index (χ1v) is 10.5. The molecule has 29 heavy (non-hydrogen) atoms. The Kier molecular flexibility index (Phi) is 10.9. The van der Waals surface area contributed by atoms with Crippen molar-refractivity contribution in [3.05, 3.63) is 35.4 Å². The maximum absolute atomic E-state index is 12.8. The smallest absolute Gasteiger partial charge is 0.744 e. The summed E-state index contributed by atoms with van der Waals surface area (Å²) in [6.45, 7) is -0.0737. The third-order valence-electron chi connectivity index (χ3n) is 4.09. The monoisotopic (exact) mass is 579 g/mol. The van der Waals surface area contributed by atoms with Crippen molar-refractivity contribution in [1.29, 1.82) is 0 Å². The van der Waals surface area contributed by atoms with Gasteiger partial charge in [-0.25, -0.2) is 8.42 Å². The number of hydrogen-bond acceptors (Lipinski definition) is 7. The molecule has 1 heterocycles. The zero-order valence-corrected chi connectivity index (χ0v) is 24.8. The van der Waals surface area contributed by atoms with E-state index < -0.39 is 26.8 Å². The number of benzene rings is 2. The zero-order chi connectivity index (χ0) is 19.9.